The molecular weight excluding hydrogens is 674 g/mol. The van der Waals surface area contributed by atoms with Crippen LogP contribution in [0.3, 0.4) is 0 Å². The van der Waals surface area contributed by atoms with E-state index in [1.807, 2.05) is 0 Å². The number of allylic oxidation sites excluding steroid dienone is 8. The lowest BCUT2D eigenvalue weighted by molar-refractivity contribution is -0.118. The molecule has 1 amide bonds. The van der Waals surface area contributed by atoms with Crippen LogP contribution in [0.2, 0.25) is 0 Å². The zero-order valence-electron chi connectivity index (χ0n) is 29.9. The van der Waals surface area contributed by atoms with Gasteiger partial charge in [-0.15, -0.1) is 0 Å². The molecule has 1 aliphatic carbocycles. The van der Waals surface area contributed by atoms with Gasteiger partial charge in [-0.05, 0) is 56.9 Å². The zero-order chi connectivity index (χ0) is 38.3. The van der Waals surface area contributed by atoms with Crippen LogP contribution in [-0.2, 0) is 9.59 Å². The molecule has 0 aromatic heterocycles. The molecule has 3 aliphatic rings. The number of phenols is 1. The number of Topliss-reactive ketones (excluding diaryl/α,β-unsaturated/α-hetero) is 4. The summed E-state index contributed by atoms with van der Waals surface area (Å²) in [6.45, 7) is 11.2. The number of amides is 1. The van der Waals surface area contributed by atoms with E-state index >= 15 is 0 Å². The van der Waals surface area contributed by atoms with Gasteiger partial charge in [0.15, 0.2) is 11.6 Å². The average Bonchev–Trinajstić information content (AvgIpc) is 3.09. The summed E-state index contributed by atoms with van der Waals surface area (Å²) in [6.07, 6.45) is 11.3. The Labute approximate surface area is 303 Å². The number of carbonyl (C=O) groups excluding carboxylic acids is 5. The third kappa shape index (κ3) is 9.86. The SMILES string of the molecule is CC1=CC[C@H](O)C=C[C@H](C)[C@H](O)[C@@H](C)C=C(C)C(=O)c2c(O)c(C)cc3c2C(=O)C(Cl)=C(NC(=O)C(C)=CC=CC=C[C@H](C)[C@@H](O)CC1=O)C3=O. The van der Waals surface area contributed by atoms with Crippen LogP contribution in [0, 0.1) is 24.7 Å². The first-order valence-corrected chi connectivity index (χ1v) is 17.1. The smallest absolute Gasteiger partial charge is 0.251 e. The summed E-state index contributed by atoms with van der Waals surface area (Å²) in [5.74, 6) is -5.47. The Hall–Kier alpha value is -4.48. The lowest BCUT2D eigenvalue weighted by Gasteiger charge is -2.23. The van der Waals surface area contributed by atoms with E-state index < -0.39 is 81.0 Å². The lowest BCUT2D eigenvalue weighted by atomic mass is 9.83. The van der Waals surface area contributed by atoms with Gasteiger partial charge in [-0.25, -0.2) is 0 Å². The Morgan fingerprint density at radius 3 is 2.08 bits per heavy atom. The maximum Gasteiger partial charge on any atom is 0.251 e. The Bertz CT molecular complexity index is 1820. The van der Waals surface area contributed by atoms with Crippen molar-refractivity contribution in [3.8, 4) is 5.75 Å². The van der Waals surface area contributed by atoms with Gasteiger partial charge < -0.3 is 25.7 Å². The average molecular weight is 720 g/mol. The van der Waals surface area contributed by atoms with Gasteiger partial charge in [0.2, 0.25) is 11.6 Å². The number of nitrogens with one attached hydrogen (secondary N) is 1. The summed E-state index contributed by atoms with van der Waals surface area (Å²) in [6, 6.07) is 1.26. The maximum absolute atomic E-state index is 13.8. The van der Waals surface area contributed by atoms with Crippen molar-refractivity contribution in [1.29, 1.82) is 0 Å². The third-order valence-corrected chi connectivity index (χ3v) is 9.47. The minimum absolute atomic E-state index is 0.0812. The van der Waals surface area contributed by atoms with Crippen LogP contribution >= 0.6 is 11.6 Å². The van der Waals surface area contributed by atoms with E-state index in [-0.39, 0.29) is 46.8 Å². The second-order valence-electron chi connectivity index (χ2n) is 13.3. The highest BCUT2D eigenvalue weighted by atomic mass is 35.5. The topological polar surface area (TPSA) is 178 Å². The van der Waals surface area contributed by atoms with Crippen LogP contribution < -0.4 is 5.32 Å². The van der Waals surface area contributed by atoms with Crippen molar-refractivity contribution in [2.75, 3.05) is 0 Å². The summed E-state index contributed by atoms with van der Waals surface area (Å²) >= 11 is 6.36. The first-order valence-electron chi connectivity index (χ1n) is 16.7. The molecule has 10 nitrogen and oxygen atoms in total. The molecule has 0 saturated heterocycles. The zero-order valence-corrected chi connectivity index (χ0v) is 30.6. The molecule has 2 heterocycles. The van der Waals surface area contributed by atoms with Gasteiger partial charge in [0.25, 0.3) is 5.91 Å². The molecule has 11 heteroatoms. The molecule has 1 aromatic rings. The summed E-state index contributed by atoms with van der Waals surface area (Å²) in [4.78, 5) is 66.8. The van der Waals surface area contributed by atoms with Gasteiger partial charge in [-0.1, -0.05) is 87.1 Å². The van der Waals surface area contributed by atoms with E-state index in [0.717, 1.165) is 0 Å². The normalized spacial score (nSPS) is 26.6. The van der Waals surface area contributed by atoms with Gasteiger partial charge in [-0.2, -0.15) is 0 Å². The van der Waals surface area contributed by atoms with Crippen LogP contribution in [0.4, 0.5) is 0 Å². The molecule has 1 aromatic carbocycles. The van der Waals surface area contributed by atoms with Crippen molar-refractivity contribution in [3.63, 3.8) is 0 Å². The largest absolute Gasteiger partial charge is 0.507 e. The van der Waals surface area contributed by atoms with Crippen molar-refractivity contribution < 1.29 is 44.4 Å². The highest BCUT2D eigenvalue weighted by Crippen LogP contribution is 2.37. The Kier molecular flexibility index (Phi) is 14.2. The fraction of sp³-hybridized carbons (Fsp3) is 0.375. The molecule has 0 saturated carbocycles. The molecule has 2 aliphatic heterocycles. The molecule has 0 fully saturated rings. The number of fused-ring (bicyclic) bond motifs is 18. The van der Waals surface area contributed by atoms with E-state index in [9.17, 15) is 44.4 Å². The van der Waals surface area contributed by atoms with Gasteiger partial charge in [0.05, 0.1) is 23.9 Å². The third-order valence-electron chi connectivity index (χ3n) is 9.11. The van der Waals surface area contributed by atoms with Crippen LogP contribution in [0.15, 0.2) is 88.2 Å². The molecule has 6 atom stereocenters. The van der Waals surface area contributed by atoms with Crippen molar-refractivity contribution in [3.05, 3.63) is 110 Å². The minimum atomic E-state index is -1.01. The highest BCUT2D eigenvalue weighted by molar-refractivity contribution is 6.51. The Balaban J connectivity index is 2.08. The van der Waals surface area contributed by atoms with E-state index in [2.05, 4.69) is 5.32 Å². The summed E-state index contributed by atoms with van der Waals surface area (Å²) < 4.78 is 0. The molecule has 51 heavy (non-hydrogen) atoms. The number of phenolic OH excluding ortho intramolecular Hbond substituents is 1. The number of rotatable bonds is 0. The predicted molar refractivity (Wildman–Crippen MR) is 195 cm³/mol. The fourth-order valence-corrected chi connectivity index (χ4v) is 5.85. The van der Waals surface area contributed by atoms with Gasteiger partial charge in [0, 0.05) is 40.9 Å². The number of ketones is 4. The molecule has 0 spiro atoms. The van der Waals surface area contributed by atoms with Crippen molar-refractivity contribution in [1.82, 2.24) is 5.32 Å². The fourth-order valence-electron chi connectivity index (χ4n) is 5.62. The number of hydrogen-bond acceptors (Lipinski definition) is 9. The van der Waals surface area contributed by atoms with E-state index in [4.69, 9.17) is 11.6 Å². The number of carbonyl (C=O) groups is 5. The highest BCUT2D eigenvalue weighted by Gasteiger charge is 2.38. The number of aromatic hydroxyl groups is 1. The summed E-state index contributed by atoms with van der Waals surface area (Å²) in [5, 5.41) is 44.9. The Morgan fingerprint density at radius 1 is 0.745 bits per heavy atom. The van der Waals surface area contributed by atoms with Crippen LogP contribution in [0.1, 0.15) is 91.0 Å². The quantitative estimate of drug-likeness (QED) is 0.211. The van der Waals surface area contributed by atoms with E-state index in [1.54, 1.807) is 64.2 Å². The van der Waals surface area contributed by atoms with Crippen molar-refractivity contribution in [2.24, 2.45) is 17.8 Å². The summed E-state index contributed by atoms with van der Waals surface area (Å²) in [7, 11) is 0. The number of aryl methyl sites for hydroxylation is 1. The first kappa shape index (κ1) is 40.9. The monoisotopic (exact) mass is 719 g/mol. The van der Waals surface area contributed by atoms with Crippen LogP contribution in [0.5, 0.6) is 5.75 Å². The maximum atomic E-state index is 13.8. The summed E-state index contributed by atoms with van der Waals surface area (Å²) in [5.41, 5.74) is -0.708. The minimum Gasteiger partial charge on any atom is -0.507 e. The number of hydrogen-bond donors (Lipinski definition) is 5. The molecule has 5 N–H and O–H groups in total. The molecule has 272 valence electrons. The standard InChI is InChI=1S/C40H46ClNO9/c1-20-11-9-8-10-12-23(4)40(51)42-34-33(41)39(50)31-28(38(34)49)18-26(7)37(48)32(31)36(47)25(6)17-24(5)35(46)22(3)14-16-27(43)15-13-21(2)30(45)19-29(20)44/h8-14,16-18,20,22,24,27,29,35,43-44,46,48H,15,19H2,1-7H3,(H,42,51)/t20-,22-,24-,27-,29-,35-/m0/s1. The number of halogens is 1. The molecule has 4 rings (SSSR count). The molecule has 0 radical (unpaired) electrons. The van der Waals surface area contributed by atoms with Gasteiger partial charge in [-0.3, -0.25) is 24.0 Å². The van der Waals surface area contributed by atoms with Crippen molar-refractivity contribution >= 4 is 40.6 Å². The molecule has 4 bridgehead atoms. The van der Waals surface area contributed by atoms with Crippen LogP contribution in [-0.4, -0.2) is 67.8 Å². The van der Waals surface area contributed by atoms with Gasteiger partial charge in [0.1, 0.15) is 16.5 Å². The van der Waals surface area contributed by atoms with E-state index in [0.29, 0.717) is 5.57 Å². The Morgan fingerprint density at radius 2 is 1.41 bits per heavy atom. The molecular formula is C40H46ClNO9. The van der Waals surface area contributed by atoms with Crippen LogP contribution in [0.25, 0.3) is 0 Å². The lowest BCUT2D eigenvalue weighted by Crippen LogP contribution is -2.34. The number of aliphatic hydroxyl groups excluding tert-OH is 3. The second kappa shape index (κ2) is 17.6. The van der Waals surface area contributed by atoms with Crippen molar-refractivity contribution in [2.45, 2.75) is 79.6 Å². The number of aliphatic hydroxyl groups is 3. The second-order valence-corrected chi connectivity index (χ2v) is 13.7. The molecule has 0 unspecified atom stereocenters. The number of benzene rings is 1. The predicted octanol–water partition coefficient (Wildman–Crippen LogP) is 5.69. The van der Waals surface area contributed by atoms with E-state index in [1.165, 1.54) is 45.1 Å². The first-order chi connectivity index (χ1) is 23.9. The van der Waals surface area contributed by atoms with Gasteiger partial charge >= 0.3 is 0 Å².